The molecule has 1 saturated heterocycles. The van der Waals surface area contributed by atoms with E-state index in [4.69, 9.17) is 9.53 Å². The van der Waals surface area contributed by atoms with Crippen LogP contribution in [0, 0.1) is 12.7 Å². The van der Waals surface area contributed by atoms with E-state index in [2.05, 4.69) is 67.0 Å². The van der Waals surface area contributed by atoms with Gasteiger partial charge in [-0.25, -0.2) is 31.8 Å². The van der Waals surface area contributed by atoms with Crippen LogP contribution in [0.1, 0.15) is 63.5 Å². The van der Waals surface area contributed by atoms with Gasteiger partial charge in [-0.3, -0.25) is 9.89 Å². The maximum atomic E-state index is 15.8. The Morgan fingerprint density at radius 1 is 1.24 bits per heavy atom. The van der Waals surface area contributed by atoms with Crippen molar-refractivity contribution in [1.82, 2.24) is 41.1 Å². The number of nitrogens with zero attached hydrogens (tertiary/aromatic N) is 10. The molecule has 1 atom stereocenters. The number of aryl methyl sites for hydroxylation is 1. The maximum Gasteiger partial charge on any atom is 0.204 e. The molecule has 1 amide bonds. The summed E-state index contributed by atoms with van der Waals surface area (Å²) in [4.78, 5) is 33.2. The second-order valence-electron chi connectivity index (χ2n) is 15.6. The second-order valence-corrected chi connectivity index (χ2v) is 20.1. The van der Waals surface area contributed by atoms with Crippen LogP contribution in [-0.2, 0) is 21.9 Å². The molecule has 4 heterocycles. The number of hydrogen-bond donors (Lipinski definition) is 4. The molecule has 1 aliphatic rings. The zero-order valence-corrected chi connectivity index (χ0v) is 39.8. The number of nitrogens with two attached hydrogens (primary N) is 1. The Balaban J connectivity index is 0.00000242. The minimum atomic E-state index is -3.98. The van der Waals surface area contributed by atoms with Gasteiger partial charge in [-0.05, 0) is 32.9 Å². The Morgan fingerprint density at radius 3 is 2.57 bits per heavy atom. The second kappa shape index (κ2) is 21.6. The van der Waals surface area contributed by atoms with Crippen LogP contribution >= 0.6 is 0 Å². The first-order valence-corrected chi connectivity index (χ1v) is 23.9. The van der Waals surface area contributed by atoms with Crippen LogP contribution in [0.15, 0.2) is 68.8 Å². The molecule has 1 unspecified atom stereocenters. The fourth-order valence-corrected chi connectivity index (χ4v) is 10.5. The van der Waals surface area contributed by atoms with E-state index >= 15 is 4.39 Å². The molecule has 0 aliphatic carbocycles. The third-order valence-electron chi connectivity index (χ3n) is 11.0. The Kier molecular flexibility index (Phi) is 16.8. The van der Waals surface area contributed by atoms with Crippen LogP contribution in [0.5, 0.6) is 5.75 Å². The number of likely N-dealkylation sites (tertiary alicyclic amines) is 1. The minimum absolute atomic E-state index is 0.00505. The Hall–Kier alpha value is -5.01. The van der Waals surface area contributed by atoms with Crippen molar-refractivity contribution in [3.63, 3.8) is 0 Å². The van der Waals surface area contributed by atoms with E-state index in [1.165, 1.54) is 47.0 Å². The van der Waals surface area contributed by atoms with E-state index in [0.29, 0.717) is 41.4 Å². The van der Waals surface area contributed by atoms with Gasteiger partial charge in [-0.1, -0.05) is 0 Å². The number of benzene rings is 2. The number of amides is 1. The number of hydrogen-bond acceptors (Lipinski definition) is 12. The van der Waals surface area contributed by atoms with Crippen molar-refractivity contribution in [3.05, 3.63) is 82.0 Å². The number of sulfonamides is 1. The van der Waals surface area contributed by atoms with Crippen LogP contribution in [0.25, 0.3) is 22.3 Å². The summed E-state index contributed by atoms with van der Waals surface area (Å²) >= 11 is -1.27. The number of anilines is 1. The molecule has 0 radical (unpaired) electrons. The molecule has 2 aromatic carbocycles. The summed E-state index contributed by atoms with van der Waals surface area (Å²) in [6.07, 6.45) is 8.11. The largest absolute Gasteiger partial charge is 0.372 e. The van der Waals surface area contributed by atoms with E-state index in [-0.39, 0.29) is 50.4 Å². The minimum Gasteiger partial charge on any atom is -0.372 e. The Labute approximate surface area is 377 Å². The molecule has 22 heteroatoms. The van der Waals surface area contributed by atoms with Crippen molar-refractivity contribution in [3.8, 4) is 17.0 Å². The first kappa shape index (κ1) is 49.0. The molecule has 5 N–H and O–H groups in total. The zero-order chi connectivity index (χ0) is 46.1. The van der Waals surface area contributed by atoms with E-state index in [0.717, 1.165) is 49.9 Å². The summed E-state index contributed by atoms with van der Waals surface area (Å²) in [5.41, 5.74) is 8.50. The van der Waals surface area contributed by atoms with Crippen LogP contribution in [0.3, 0.4) is 0 Å². The van der Waals surface area contributed by atoms with Gasteiger partial charge in [-0.15, -0.1) is 0 Å². The number of carbonyl (C=O) groups excluding carboxylic acids is 1. The number of nitrogens with one attached hydrogen (secondary N) is 2. The van der Waals surface area contributed by atoms with Gasteiger partial charge in [-0.2, -0.15) is 10.2 Å². The van der Waals surface area contributed by atoms with Gasteiger partial charge in [0.15, 0.2) is 17.1 Å². The molecular formula is C41H59FIN13O6S. The van der Waals surface area contributed by atoms with Crippen molar-refractivity contribution >= 4 is 39.9 Å². The molecular weight excluding hydrogens is 949 g/mol. The van der Waals surface area contributed by atoms with E-state index in [9.17, 15) is 16.6 Å². The number of aromatic nitrogens is 6. The average molecular weight is 1010 g/mol. The number of aromatic amines is 1. The van der Waals surface area contributed by atoms with Crippen molar-refractivity contribution in [2.24, 2.45) is 22.9 Å². The number of primary amides is 1. The molecule has 0 spiro atoms. The summed E-state index contributed by atoms with van der Waals surface area (Å²) in [6.45, 7) is 14.2. The molecule has 6 rings (SSSR count). The van der Waals surface area contributed by atoms with Gasteiger partial charge < -0.3 is 15.8 Å². The maximum absolute atomic E-state index is 15.8. The molecule has 1 aliphatic heterocycles. The number of halogens is 2. The van der Waals surface area contributed by atoms with Gasteiger partial charge in [0, 0.05) is 37.6 Å². The molecule has 1 fully saturated rings. The quantitative estimate of drug-likeness (QED) is 0.0398. The fourth-order valence-electron chi connectivity index (χ4n) is 7.76. The molecule has 19 nitrogen and oxygen atoms in total. The molecule has 0 saturated carbocycles. The van der Waals surface area contributed by atoms with E-state index in [1.54, 1.807) is 28.7 Å². The Morgan fingerprint density at radius 2 is 1.95 bits per heavy atom. The summed E-state index contributed by atoms with van der Waals surface area (Å²) in [7, 11) is 1.26. The molecule has 63 heavy (non-hydrogen) atoms. The van der Waals surface area contributed by atoms with Crippen LogP contribution in [0.2, 0.25) is 0 Å². The number of imidazole rings is 1. The van der Waals surface area contributed by atoms with Gasteiger partial charge in [0.2, 0.25) is 16.4 Å². The normalized spacial score (nSPS) is 15.1. The third-order valence-corrected chi connectivity index (χ3v) is 14.9. The van der Waals surface area contributed by atoms with Gasteiger partial charge >= 0.3 is 166 Å². The number of H-pyrrole nitrogens is 1. The van der Waals surface area contributed by atoms with Crippen LogP contribution < -0.4 is 51.7 Å². The van der Waals surface area contributed by atoms with Crippen molar-refractivity contribution in [2.45, 2.75) is 70.3 Å². The standard InChI is InChI=1S/C40H56FIN12O5S.CH3NO/c1-9-21-54(8,42-56)53-33-13-11-30(22-34(33)50(7)40(53)55)29-15-19-51(20-16-29)18-10-17-49(6)60(57,58)35-14-12-32(36(41)28(35)4)44-25-45-39-38(59-27(2)3)37(31-23-47-48-24-31)46-26-52(39)43-5;2-1-3/h11-14,22-24,26-27,29,44,56H,5,9-10,15-21,25H2,1-4,6-8H3,(H,47,48);1H,(H2,2,3)/b45-39-;. The summed E-state index contributed by atoms with van der Waals surface area (Å²) < 4.78 is 65.9. The van der Waals surface area contributed by atoms with E-state index in [1.807, 2.05) is 27.0 Å². The number of piperidine rings is 1. The smallest absolute Gasteiger partial charge is 0.204 e. The summed E-state index contributed by atoms with van der Waals surface area (Å²) in [6, 6.07) is 9.08. The van der Waals surface area contributed by atoms with Crippen molar-refractivity contribution in [1.29, 1.82) is 0 Å². The number of fused-ring (bicyclic) bond motifs is 1. The fraction of sp³-hybridized carbons (Fsp3) is 0.463. The topological polar surface area (TPSA) is 223 Å². The average Bonchev–Trinajstić information content (AvgIpc) is 3.89. The third kappa shape index (κ3) is 10.9. The Bertz CT molecular complexity index is 2610. The monoisotopic (exact) mass is 1010 g/mol. The van der Waals surface area contributed by atoms with Crippen molar-refractivity contribution in [2.75, 3.05) is 58.8 Å². The molecule has 0 bridgehead atoms. The summed E-state index contributed by atoms with van der Waals surface area (Å²) in [5, 5.41) is 13.7. The van der Waals surface area contributed by atoms with Gasteiger partial charge in [0.05, 0.1) is 22.9 Å². The predicted molar refractivity (Wildman–Crippen MR) is 237 cm³/mol. The predicted octanol–water partition coefficient (Wildman–Crippen LogP) is -0.0230. The van der Waals surface area contributed by atoms with Gasteiger partial charge in [0.1, 0.15) is 18.7 Å². The van der Waals surface area contributed by atoms with Gasteiger partial charge in [0.25, 0.3) is 0 Å². The first-order valence-electron chi connectivity index (χ1n) is 20.6. The summed E-state index contributed by atoms with van der Waals surface area (Å²) in [5.74, 6) is -0.00507. The molecule has 5 aromatic rings. The van der Waals surface area contributed by atoms with Crippen molar-refractivity contribution < 1.29 is 47.7 Å². The SMILES string of the molecule is C=Nn1cnc(-c2cn[nH]c2)c(OC(C)C)/c1=N/CNc1ccc(S(=O)(=O)N(C)CCCN2CCC(c3ccc4c(c3)n(C)c(=O)n4[N+](C)(CCC)[I-]O)CC2)c(C)c1F.NC=O. The molecule has 3 aromatic heterocycles. The first-order chi connectivity index (χ1) is 30.1. The number of ether oxygens (including phenoxy) is 1. The van der Waals surface area contributed by atoms with Crippen LogP contribution in [-0.4, -0.2) is 123 Å². The van der Waals surface area contributed by atoms with Crippen LogP contribution in [0.4, 0.5) is 10.1 Å². The zero-order valence-electron chi connectivity index (χ0n) is 36.8. The van der Waals surface area contributed by atoms with E-state index < -0.39 is 37.7 Å². The number of carbonyl (C=O) groups is 1. The number of quaternary nitrogens is 1. The number of rotatable bonds is 18. The molecule has 344 valence electrons.